The van der Waals surface area contributed by atoms with Gasteiger partial charge in [0.2, 0.25) is 0 Å². The monoisotopic (exact) mass is 279 g/mol. The largest absolute Gasteiger partial charge is 0.454 e. The molecule has 0 amide bonds. The smallest absolute Gasteiger partial charge is 0.184 e. The van der Waals surface area contributed by atoms with Gasteiger partial charge in [-0.2, -0.15) is 0 Å². The molecule has 0 aromatic heterocycles. The number of hydrogen-bond donors (Lipinski definition) is 1. The van der Waals surface area contributed by atoms with Crippen molar-refractivity contribution in [3.05, 3.63) is 58.9 Å². The first kappa shape index (κ1) is 13.8. The quantitative estimate of drug-likeness (QED) is 0.882. The van der Waals surface area contributed by atoms with Crippen LogP contribution < -0.4 is 10.5 Å². The van der Waals surface area contributed by atoms with Crippen LogP contribution in [0.4, 0.5) is 4.39 Å². The first-order valence-corrected chi connectivity index (χ1v) is 6.47. The van der Waals surface area contributed by atoms with Crippen LogP contribution in [-0.2, 0) is 0 Å². The van der Waals surface area contributed by atoms with Crippen molar-refractivity contribution >= 4 is 11.6 Å². The van der Waals surface area contributed by atoms with E-state index in [4.69, 9.17) is 22.1 Å². The average molecular weight is 280 g/mol. The summed E-state index contributed by atoms with van der Waals surface area (Å²) in [6.45, 7) is 2.02. The summed E-state index contributed by atoms with van der Waals surface area (Å²) in [5.74, 6) is 0.103. The van der Waals surface area contributed by atoms with E-state index >= 15 is 0 Å². The summed E-state index contributed by atoms with van der Waals surface area (Å²) in [7, 11) is 0. The summed E-state index contributed by atoms with van der Waals surface area (Å²) in [5.41, 5.74) is 6.95. The summed E-state index contributed by atoms with van der Waals surface area (Å²) < 4.78 is 19.1. The Morgan fingerprint density at radius 3 is 2.53 bits per heavy atom. The maximum atomic E-state index is 13.7. The molecular formula is C15H15ClFNO. The number of ether oxygens (including phenoxy) is 1. The van der Waals surface area contributed by atoms with E-state index in [2.05, 4.69) is 0 Å². The van der Waals surface area contributed by atoms with E-state index in [-0.39, 0.29) is 16.8 Å². The summed E-state index contributed by atoms with van der Waals surface area (Å²) in [6, 6.07) is 12.0. The maximum absolute atomic E-state index is 13.7. The molecule has 2 nitrogen and oxygen atoms in total. The minimum atomic E-state index is -0.557. The van der Waals surface area contributed by atoms with Crippen LogP contribution in [0, 0.1) is 5.82 Å². The second-order valence-electron chi connectivity index (χ2n) is 4.24. The Labute approximate surface area is 117 Å². The zero-order valence-electron chi connectivity index (χ0n) is 10.6. The Hall–Kier alpha value is -1.58. The molecule has 2 N–H and O–H groups in total. The molecule has 0 bridgehead atoms. The Balaban J connectivity index is 2.18. The van der Waals surface area contributed by atoms with E-state index in [0.717, 1.165) is 12.0 Å². The van der Waals surface area contributed by atoms with E-state index in [0.29, 0.717) is 5.75 Å². The molecule has 0 unspecified atom stereocenters. The SMILES string of the molecule is CC[C@@H](N)c1ccc(Oc2cccc(Cl)c2F)cc1. The van der Waals surface area contributed by atoms with Gasteiger partial charge in [0.15, 0.2) is 11.6 Å². The van der Waals surface area contributed by atoms with Crippen LogP contribution in [0.15, 0.2) is 42.5 Å². The van der Waals surface area contributed by atoms with Gasteiger partial charge in [-0.25, -0.2) is 4.39 Å². The van der Waals surface area contributed by atoms with Crippen LogP contribution in [0.5, 0.6) is 11.5 Å². The van der Waals surface area contributed by atoms with Crippen molar-refractivity contribution in [1.82, 2.24) is 0 Å². The third kappa shape index (κ3) is 3.25. The highest BCUT2D eigenvalue weighted by atomic mass is 35.5. The first-order chi connectivity index (χ1) is 9.11. The number of benzene rings is 2. The van der Waals surface area contributed by atoms with Crippen LogP contribution in [0.3, 0.4) is 0 Å². The van der Waals surface area contributed by atoms with Crippen molar-refractivity contribution in [2.45, 2.75) is 19.4 Å². The second-order valence-corrected chi connectivity index (χ2v) is 4.64. The number of halogens is 2. The minimum Gasteiger partial charge on any atom is -0.454 e. The predicted octanol–water partition coefficient (Wildman–Crippen LogP) is 4.68. The Kier molecular flexibility index (Phi) is 4.40. The fourth-order valence-corrected chi connectivity index (χ4v) is 1.87. The third-order valence-electron chi connectivity index (χ3n) is 2.89. The van der Waals surface area contributed by atoms with Crippen LogP contribution in [0.25, 0.3) is 0 Å². The third-order valence-corrected chi connectivity index (χ3v) is 3.18. The molecule has 19 heavy (non-hydrogen) atoms. The number of hydrogen-bond acceptors (Lipinski definition) is 2. The molecule has 0 aliphatic rings. The van der Waals surface area contributed by atoms with Gasteiger partial charge in [0, 0.05) is 6.04 Å². The molecule has 100 valence electrons. The highest BCUT2D eigenvalue weighted by Crippen LogP contribution is 2.29. The maximum Gasteiger partial charge on any atom is 0.184 e. The molecule has 2 rings (SSSR count). The molecule has 4 heteroatoms. The van der Waals surface area contributed by atoms with Crippen molar-refractivity contribution < 1.29 is 9.13 Å². The highest BCUT2D eigenvalue weighted by molar-refractivity contribution is 6.30. The fourth-order valence-electron chi connectivity index (χ4n) is 1.71. The fraction of sp³-hybridized carbons (Fsp3) is 0.200. The molecule has 0 saturated heterocycles. The highest BCUT2D eigenvalue weighted by Gasteiger charge is 2.09. The molecule has 0 saturated carbocycles. The predicted molar refractivity (Wildman–Crippen MR) is 75.1 cm³/mol. The Bertz CT molecular complexity index is 557. The zero-order chi connectivity index (χ0) is 13.8. The minimum absolute atomic E-state index is 0.0111. The lowest BCUT2D eigenvalue weighted by molar-refractivity contribution is 0.442. The van der Waals surface area contributed by atoms with Gasteiger partial charge >= 0.3 is 0 Å². The second kappa shape index (κ2) is 6.04. The van der Waals surface area contributed by atoms with Gasteiger partial charge in [-0.1, -0.05) is 36.7 Å². The summed E-state index contributed by atoms with van der Waals surface area (Å²) in [4.78, 5) is 0. The Morgan fingerprint density at radius 2 is 1.89 bits per heavy atom. The molecule has 0 heterocycles. The van der Waals surface area contributed by atoms with Crippen LogP contribution in [0.1, 0.15) is 24.9 Å². The Morgan fingerprint density at radius 1 is 1.21 bits per heavy atom. The van der Waals surface area contributed by atoms with E-state index in [9.17, 15) is 4.39 Å². The van der Waals surface area contributed by atoms with Gasteiger partial charge in [-0.05, 0) is 36.2 Å². The van der Waals surface area contributed by atoms with E-state index in [1.54, 1.807) is 18.2 Å². The average Bonchev–Trinajstić information content (AvgIpc) is 2.44. The first-order valence-electron chi connectivity index (χ1n) is 6.09. The molecule has 0 fully saturated rings. The van der Waals surface area contributed by atoms with Gasteiger partial charge < -0.3 is 10.5 Å². The van der Waals surface area contributed by atoms with Gasteiger partial charge in [-0.3, -0.25) is 0 Å². The van der Waals surface area contributed by atoms with Gasteiger partial charge in [-0.15, -0.1) is 0 Å². The van der Waals surface area contributed by atoms with E-state index in [1.807, 2.05) is 19.1 Å². The summed E-state index contributed by atoms with van der Waals surface area (Å²) >= 11 is 5.69. The van der Waals surface area contributed by atoms with E-state index in [1.165, 1.54) is 12.1 Å². The molecule has 0 aliphatic carbocycles. The number of rotatable bonds is 4. The van der Waals surface area contributed by atoms with Crippen LogP contribution in [0.2, 0.25) is 5.02 Å². The van der Waals surface area contributed by atoms with Crippen molar-refractivity contribution in [3.63, 3.8) is 0 Å². The van der Waals surface area contributed by atoms with Crippen molar-refractivity contribution in [2.75, 3.05) is 0 Å². The topological polar surface area (TPSA) is 35.2 Å². The summed E-state index contributed by atoms with van der Waals surface area (Å²) in [6.07, 6.45) is 0.864. The van der Waals surface area contributed by atoms with Crippen molar-refractivity contribution in [3.8, 4) is 11.5 Å². The van der Waals surface area contributed by atoms with Gasteiger partial charge in [0.05, 0.1) is 5.02 Å². The lowest BCUT2D eigenvalue weighted by Crippen LogP contribution is -2.08. The van der Waals surface area contributed by atoms with Crippen LogP contribution in [-0.4, -0.2) is 0 Å². The molecule has 2 aromatic rings. The number of nitrogens with two attached hydrogens (primary N) is 1. The van der Waals surface area contributed by atoms with Crippen LogP contribution >= 0.6 is 11.6 Å². The molecule has 2 aromatic carbocycles. The molecule has 0 spiro atoms. The molecule has 0 aliphatic heterocycles. The summed E-state index contributed by atoms with van der Waals surface area (Å²) in [5, 5.41) is 0.0436. The standard InChI is InChI=1S/C15H15ClFNO/c1-2-13(18)10-6-8-11(9-7-10)19-14-5-3-4-12(16)15(14)17/h3-9,13H,2,18H2,1H3/t13-/m1/s1. The lowest BCUT2D eigenvalue weighted by atomic mass is 10.1. The van der Waals surface area contributed by atoms with E-state index < -0.39 is 5.82 Å². The van der Waals surface area contributed by atoms with Gasteiger partial charge in [0.25, 0.3) is 0 Å². The molecule has 0 radical (unpaired) electrons. The van der Waals surface area contributed by atoms with Crippen molar-refractivity contribution in [2.24, 2.45) is 5.73 Å². The van der Waals surface area contributed by atoms with Crippen molar-refractivity contribution in [1.29, 1.82) is 0 Å². The molecular weight excluding hydrogens is 265 g/mol. The lowest BCUT2D eigenvalue weighted by Gasteiger charge is -2.11. The molecule has 1 atom stereocenters. The zero-order valence-corrected chi connectivity index (χ0v) is 11.3. The normalized spacial score (nSPS) is 12.2. The van der Waals surface area contributed by atoms with Gasteiger partial charge in [0.1, 0.15) is 5.75 Å².